The minimum Gasteiger partial charge on any atom is -0.325 e. The molecule has 3 aliphatic carbocycles. The van der Waals surface area contributed by atoms with Crippen LogP contribution in [-0.4, -0.2) is 34.1 Å². The molecule has 0 saturated heterocycles. The van der Waals surface area contributed by atoms with Crippen molar-refractivity contribution in [1.82, 2.24) is 34.1 Å². The third-order valence-electron chi connectivity index (χ3n) is 10.1. The Kier molecular flexibility index (Phi) is 6.15. The van der Waals surface area contributed by atoms with E-state index in [1.54, 1.807) is 0 Å². The first kappa shape index (κ1) is 29.3. The zero-order valence-corrected chi connectivity index (χ0v) is 28.3. The Labute approximate surface area is 285 Å². The van der Waals surface area contributed by atoms with Gasteiger partial charge in [0.25, 0.3) is 0 Å². The van der Waals surface area contributed by atoms with Crippen molar-refractivity contribution in [2.24, 2.45) is 0 Å². The number of anilines is 1. The molecular formula is C41H36N8. The maximum atomic E-state index is 5.39. The minimum atomic E-state index is -0.411. The molecule has 0 bridgehead atoms. The molecule has 1 aromatic carbocycles. The lowest BCUT2D eigenvalue weighted by atomic mass is 9.89. The molecule has 0 radical (unpaired) electrons. The molecule has 0 saturated carbocycles. The Hall–Kier alpha value is -5.89. The number of hydrogen-bond donors (Lipinski definition) is 1. The highest BCUT2D eigenvalue weighted by Crippen LogP contribution is 2.54. The zero-order chi connectivity index (χ0) is 33.7. The van der Waals surface area contributed by atoms with Gasteiger partial charge in [0.15, 0.2) is 0 Å². The predicted molar refractivity (Wildman–Crippen MR) is 197 cm³/mol. The van der Waals surface area contributed by atoms with E-state index >= 15 is 0 Å². The fraction of sp³-hybridized carbons (Fsp3) is 0.195. The predicted octanol–water partition coefficient (Wildman–Crippen LogP) is 8.94. The van der Waals surface area contributed by atoms with Crippen LogP contribution in [0, 0.1) is 0 Å². The molecule has 49 heavy (non-hydrogen) atoms. The standard InChI is InChI=1S/C41H36N8/c1-7-15-24(2)44-37-45-38(48-29-20-10-8-9-16-25(29)31-27-18-13-22-42-33(27)40(3,4)35(31)48)47-39(46-37)49-30-21-12-11-17-26(30)32-28-19-14-23-43-34(28)41(5,6)36(32)49/h7,9-23H,2,8H2,1,3-6H3,(H,44,45,46,47)/b15-7-. The minimum absolute atomic E-state index is 0.408. The third-order valence-corrected chi connectivity index (χ3v) is 10.1. The largest absolute Gasteiger partial charge is 0.325 e. The van der Waals surface area contributed by atoms with E-state index in [-0.39, 0.29) is 0 Å². The zero-order valence-electron chi connectivity index (χ0n) is 28.3. The van der Waals surface area contributed by atoms with Gasteiger partial charge in [-0.15, -0.1) is 0 Å². The molecule has 1 N–H and O–H groups in total. The Morgan fingerprint density at radius 1 is 0.776 bits per heavy atom. The summed E-state index contributed by atoms with van der Waals surface area (Å²) in [6.07, 6.45) is 17.3. The molecule has 5 heterocycles. The fourth-order valence-electron chi connectivity index (χ4n) is 8.20. The lowest BCUT2D eigenvalue weighted by molar-refractivity contribution is 0.589. The summed E-state index contributed by atoms with van der Waals surface area (Å²) in [6, 6.07) is 16.9. The van der Waals surface area contributed by atoms with E-state index in [0.29, 0.717) is 23.5 Å². The van der Waals surface area contributed by atoms with Gasteiger partial charge in [0.05, 0.1) is 22.6 Å². The van der Waals surface area contributed by atoms with Gasteiger partial charge in [-0.05, 0) is 71.4 Å². The van der Waals surface area contributed by atoms with Crippen molar-refractivity contribution in [3.63, 3.8) is 0 Å². The van der Waals surface area contributed by atoms with Crippen molar-refractivity contribution < 1.29 is 0 Å². The van der Waals surface area contributed by atoms with Crippen molar-refractivity contribution in [3.8, 4) is 34.2 Å². The lowest BCUT2D eigenvalue weighted by Crippen LogP contribution is -2.24. The molecule has 5 aromatic heterocycles. The summed E-state index contributed by atoms with van der Waals surface area (Å²) in [5.41, 5.74) is 12.0. The van der Waals surface area contributed by atoms with Crippen LogP contribution in [0.2, 0.25) is 0 Å². The Morgan fingerprint density at radius 3 is 2.12 bits per heavy atom. The number of rotatable bonds is 5. The number of para-hydroxylation sites is 1. The second-order valence-corrected chi connectivity index (χ2v) is 13.9. The van der Waals surface area contributed by atoms with E-state index in [1.807, 2.05) is 43.6 Å². The fourth-order valence-corrected chi connectivity index (χ4v) is 8.20. The van der Waals surface area contributed by atoms with E-state index in [1.165, 1.54) is 11.1 Å². The summed E-state index contributed by atoms with van der Waals surface area (Å²) in [5.74, 6) is 1.46. The molecule has 0 atom stereocenters. The number of hydrogen-bond acceptors (Lipinski definition) is 6. The Morgan fingerprint density at radius 2 is 1.41 bits per heavy atom. The van der Waals surface area contributed by atoms with Crippen LogP contribution in [0.4, 0.5) is 5.95 Å². The van der Waals surface area contributed by atoms with Crippen LogP contribution in [0.5, 0.6) is 0 Å². The molecule has 240 valence electrons. The molecule has 0 aliphatic heterocycles. The van der Waals surface area contributed by atoms with Crippen molar-refractivity contribution in [2.75, 3.05) is 5.32 Å². The number of nitrogens with zero attached hydrogens (tertiary/aromatic N) is 7. The molecule has 0 unspecified atom stereocenters. The van der Waals surface area contributed by atoms with Crippen LogP contribution in [0.25, 0.3) is 57.2 Å². The summed E-state index contributed by atoms with van der Waals surface area (Å²) in [4.78, 5) is 25.4. The SMILES string of the molecule is C=C(/C=C\C)Nc1nc(-n2c3c(c4c2C(C)(C)c2ncccc2-4)C=CCC=C3)nc(-n2c3c(c4ccccc42)-c2cccnc2C3(C)C)n1. The first-order valence-electron chi connectivity index (χ1n) is 16.7. The molecular weight excluding hydrogens is 605 g/mol. The van der Waals surface area contributed by atoms with Gasteiger partial charge >= 0.3 is 0 Å². The normalized spacial score (nSPS) is 15.9. The van der Waals surface area contributed by atoms with Gasteiger partial charge in [-0.3, -0.25) is 19.1 Å². The Balaban J connectivity index is 1.38. The highest BCUT2D eigenvalue weighted by Gasteiger charge is 2.45. The van der Waals surface area contributed by atoms with Crippen LogP contribution in [0.1, 0.15) is 75.1 Å². The summed E-state index contributed by atoms with van der Waals surface area (Å²) >= 11 is 0. The molecule has 3 aliphatic rings. The quantitative estimate of drug-likeness (QED) is 0.189. The van der Waals surface area contributed by atoms with E-state index in [0.717, 1.165) is 62.5 Å². The van der Waals surface area contributed by atoms with E-state index in [4.69, 9.17) is 24.9 Å². The second kappa shape index (κ2) is 10.3. The number of benzene rings is 1. The van der Waals surface area contributed by atoms with E-state index < -0.39 is 10.8 Å². The Bertz CT molecular complexity index is 2480. The maximum Gasteiger partial charge on any atom is 0.241 e. The topological polar surface area (TPSA) is 86.3 Å². The van der Waals surface area contributed by atoms with Gasteiger partial charge in [-0.25, -0.2) is 0 Å². The number of fused-ring (bicyclic) bond motifs is 10. The van der Waals surface area contributed by atoms with Crippen LogP contribution in [0.3, 0.4) is 0 Å². The molecule has 0 spiro atoms. The van der Waals surface area contributed by atoms with Crippen LogP contribution in [-0.2, 0) is 10.8 Å². The number of allylic oxidation sites excluding steroid dienone is 4. The molecule has 0 amide bonds. The molecule has 9 rings (SSSR count). The van der Waals surface area contributed by atoms with Crippen molar-refractivity contribution in [2.45, 2.75) is 51.9 Å². The van der Waals surface area contributed by atoms with Gasteiger partial charge in [0.1, 0.15) is 0 Å². The molecule has 0 fully saturated rings. The van der Waals surface area contributed by atoms with Crippen molar-refractivity contribution in [3.05, 3.63) is 132 Å². The average molecular weight is 641 g/mol. The number of pyridine rings is 2. The van der Waals surface area contributed by atoms with Crippen molar-refractivity contribution in [1.29, 1.82) is 0 Å². The van der Waals surface area contributed by atoms with Crippen molar-refractivity contribution >= 4 is 29.0 Å². The van der Waals surface area contributed by atoms with Gasteiger partial charge < -0.3 is 5.32 Å². The van der Waals surface area contributed by atoms with Gasteiger partial charge in [0, 0.05) is 73.5 Å². The molecule has 6 aromatic rings. The number of aromatic nitrogens is 7. The smallest absolute Gasteiger partial charge is 0.241 e. The highest BCUT2D eigenvalue weighted by atomic mass is 15.3. The second-order valence-electron chi connectivity index (χ2n) is 13.9. The van der Waals surface area contributed by atoms with Crippen LogP contribution in [0.15, 0.2) is 97.5 Å². The summed E-state index contributed by atoms with van der Waals surface area (Å²) in [6.45, 7) is 15.1. The first-order chi connectivity index (χ1) is 23.7. The summed E-state index contributed by atoms with van der Waals surface area (Å²) < 4.78 is 4.43. The average Bonchev–Trinajstić information content (AvgIpc) is 3.69. The first-order valence-corrected chi connectivity index (χ1v) is 16.7. The molecule has 8 heteroatoms. The van der Waals surface area contributed by atoms with Crippen LogP contribution >= 0.6 is 0 Å². The maximum absolute atomic E-state index is 5.39. The van der Waals surface area contributed by atoms with Gasteiger partial charge in [0.2, 0.25) is 17.8 Å². The van der Waals surface area contributed by atoms with Crippen LogP contribution < -0.4 is 5.32 Å². The monoisotopic (exact) mass is 640 g/mol. The highest BCUT2D eigenvalue weighted by molar-refractivity contribution is 6.03. The molecule has 8 nitrogen and oxygen atoms in total. The summed E-state index contributed by atoms with van der Waals surface area (Å²) in [7, 11) is 0. The van der Waals surface area contributed by atoms with E-state index in [9.17, 15) is 0 Å². The van der Waals surface area contributed by atoms with Gasteiger partial charge in [-0.1, -0.05) is 61.2 Å². The number of nitrogens with one attached hydrogen (secondary N) is 1. The summed E-state index contributed by atoms with van der Waals surface area (Å²) in [5, 5.41) is 4.51. The third kappa shape index (κ3) is 4.00. The lowest BCUT2D eigenvalue weighted by Gasteiger charge is -2.24. The van der Waals surface area contributed by atoms with E-state index in [2.05, 4.69) is 109 Å². The van der Waals surface area contributed by atoms with Gasteiger partial charge in [-0.2, -0.15) is 15.0 Å².